The third kappa shape index (κ3) is 9.28. The first kappa shape index (κ1) is 27.9. The Bertz CT molecular complexity index is 1040. The summed E-state index contributed by atoms with van der Waals surface area (Å²) in [5.74, 6) is 0. The molecule has 1 heterocycles. The summed E-state index contributed by atoms with van der Waals surface area (Å²) in [6.07, 6.45) is 10.3. The highest BCUT2D eigenvalue weighted by molar-refractivity contribution is 7.89. The smallest absolute Gasteiger partial charge is 0.240 e. The highest BCUT2D eigenvalue weighted by Crippen LogP contribution is 2.30. The van der Waals surface area contributed by atoms with Crippen LogP contribution in [0.1, 0.15) is 63.4 Å². The van der Waals surface area contributed by atoms with Crippen LogP contribution in [0.25, 0.3) is 0 Å². The number of nitrogens with one attached hydrogen (secondary N) is 4. The largest absolute Gasteiger partial charge is 0.381 e. The molecule has 1 aliphatic heterocycles. The number of hydrogen-bond donors (Lipinski definition) is 4. The molecule has 2 fully saturated rings. The van der Waals surface area contributed by atoms with Crippen LogP contribution in [0, 0.1) is 0 Å². The Kier molecular flexibility index (Phi) is 11.1. The zero-order chi connectivity index (χ0) is 25.8. The lowest BCUT2D eigenvalue weighted by Gasteiger charge is -2.27. The maximum absolute atomic E-state index is 13.1. The summed E-state index contributed by atoms with van der Waals surface area (Å²) in [6.45, 7) is 6.71. The molecule has 0 spiro atoms. The average molecular weight is 528 g/mol. The Balaban J connectivity index is 1.30. The SMILES string of the molecule is O=S(=O)(NCCCCCCN1CCNCC1)c1ccc(NC2CCCCC2)c(NCc2ccccc2)c1. The van der Waals surface area contributed by atoms with Crippen molar-refractivity contribution in [3.63, 3.8) is 0 Å². The van der Waals surface area contributed by atoms with Crippen LogP contribution in [0.4, 0.5) is 11.4 Å². The molecule has 1 saturated heterocycles. The lowest BCUT2D eigenvalue weighted by molar-refractivity contribution is 0.236. The van der Waals surface area contributed by atoms with Gasteiger partial charge in [-0.15, -0.1) is 0 Å². The lowest BCUT2D eigenvalue weighted by atomic mass is 9.95. The van der Waals surface area contributed by atoms with E-state index in [0.717, 1.165) is 81.8 Å². The number of hydrogen-bond acceptors (Lipinski definition) is 6. The van der Waals surface area contributed by atoms with Crippen LogP contribution in [0.3, 0.4) is 0 Å². The predicted octanol–water partition coefficient (Wildman–Crippen LogP) is 4.79. The van der Waals surface area contributed by atoms with Crippen molar-refractivity contribution in [3.8, 4) is 0 Å². The van der Waals surface area contributed by atoms with Gasteiger partial charge in [0, 0.05) is 45.3 Å². The van der Waals surface area contributed by atoms with Crippen LogP contribution in [-0.4, -0.2) is 58.6 Å². The van der Waals surface area contributed by atoms with E-state index < -0.39 is 10.0 Å². The maximum Gasteiger partial charge on any atom is 0.240 e. The van der Waals surface area contributed by atoms with Crippen molar-refractivity contribution in [2.45, 2.75) is 75.3 Å². The summed E-state index contributed by atoms with van der Waals surface area (Å²) in [4.78, 5) is 2.83. The van der Waals surface area contributed by atoms with Crippen molar-refractivity contribution < 1.29 is 8.42 Å². The summed E-state index contributed by atoms with van der Waals surface area (Å²) in [5.41, 5.74) is 2.98. The molecule has 2 aromatic carbocycles. The summed E-state index contributed by atoms with van der Waals surface area (Å²) in [7, 11) is -3.56. The summed E-state index contributed by atoms with van der Waals surface area (Å²) >= 11 is 0. The highest BCUT2D eigenvalue weighted by atomic mass is 32.2. The Hall–Kier alpha value is -2.13. The van der Waals surface area contributed by atoms with E-state index in [0.29, 0.717) is 24.0 Å². The molecule has 0 bridgehead atoms. The zero-order valence-electron chi connectivity index (χ0n) is 22.2. The third-order valence-corrected chi connectivity index (χ3v) is 8.95. The van der Waals surface area contributed by atoms with E-state index in [2.05, 4.69) is 37.7 Å². The Morgan fingerprint density at radius 2 is 1.62 bits per heavy atom. The monoisotopic (exact) mass is 527 g/mol. The zero-order valence-corrected chi connectivity index (χ0v) is 23.0. The van der Waals surface area contributed by atoms with E-state index in [1.54, 1.807) is 12.1 Å². The predicted molar refractivity (Wildman–Crippen MR) is 154 cm³/mol. The van der Waals surface area contributed by atoms with E-state index in [1.165, 1.54) is 25.7 Å². The number of anilines is 2. The quantitative estimate of drug-likeness (QED) is 0.265. The number of sulfonamides is 1. The molecule has 8 heteroatoms. The van der Waals surface area contributed by atoms with E-state index in [1.807, 2.05) is 24.3 Å². The molecule has 7 nitrogen and oxygen atoms in total. The molecule has 0 atom stereocenters. The molecular formula is C29H45N5O2S. The minimum Gasteiger partial charge on any atom is -0.381 e. The van der Waals surface area contributed by atoms with Gasteiger partial charge in [-0.2, -0.15) is 0 Å². The molecule has 2 aromatic rings. The second-order valence-corrected chi connectivity index (χ2v) is 12.2. The highest BCUT2D eigenvalue weighted by Gasteiger charge is 2.19. The van der Waals surface area contributed by atoms with Gasteiger partial charge in [0.25, 0.3) is 0 Å². The van der Waals surface area contributed by atoms with Gasteiger partial charge < -0.3 is 20.9 Å². The number of benzene rings is 2. The summed E-state index contributed by atoms with van der Waals surface area (Å²) < 4.78 is 29.0. The molecule has 0 radical (unpaired) electrons. The third-order valence-electron chi connectivity index (χ3n) is 7.49. The van der Waals surface area contributed by atoms with Crippen molar-refractivity contribution in [1.29, 1.82) is 0 Å². The first-order chi connectivity index (χ1) is 18.1. The summed E-state index contributed by atoms with van der Waals surface area (Å²) in [5, 5.41) is 10.5. The molecule has 4 N–H and O–H groups in total. The molecule has 0 aromatic heterocycles. The van der Waals surface area contributed by atoms with Gasteiger partial charge in [-0.3, -0.25) is 0 Å². The normalized spacial score (nSPS) is 17.5. The maximum atomic E-state index is 13.1. The van der Waals surface area contributed by atoms with Gasteiger partial charge in [0.15, 0.2) is 0 Å². The molecule has 204 valence electrons. The molecular weight excluding hydrogens is 482 g/mol. The van der Waals surface area contributed by atoms with Crippen molar-refractivity contribution in [2.75, 3.05) is 49.9 Å². The Labute approximate surface area is 223 Å². The fourth-order valence-corrected chi connectivity index (χ4v) is 6.36. The fraction of sp³-hybridized carbons (Fsp3) is 0.586. The van der Waals surface area contributed by atoms with Crippen LogP contribution in [0.2, 0.25) is 0 Å². The second kappa shape index (κ2) is 14.7. The van der Waals surface area contributed by atoms with E-state index >= 15 is 0 Å². The van der Waals surface area contributed by atoms with Gasteiger partial charge in [-0.25, -0.2) is 13.1 Å². The van der Waals surface area contributed by atoms with Gasteiger partial charge in [-0.1, -0.05) is 62.4 Å². The average Bonchev–Trinajstić information content (AvgIpc) is 2.93. The molecule has 4 rings (SSSR count). The Morgan fingerprint density at radius 1 is 0.865 bits per heavy atom. The van der Waals surface area contributed by atoms with Gasteiger partial charge in [0.1, 0.15) is 0 Å². The molecule has 0 unspecified atom stereocenters. The molecule has 1 saturated carbocycles. The molecule has 37 heavy (non-hydrogen) atoms. The number of piperazine rings is 1. The van der Waals surface area contributed by atoms with E-state index in [4.69, 9.17) is 0 Å². The van der Waals surface area contributed by atoms with Crippen molar-refractivity contribution in [2.24, 2.45) is 0 Å². The minimum absolute atomic E-state index is 0.316. The first-order valence-electron chi connectivity index (χ1n) is 14.2. The molecule has 2 aliphatic rings. The van der Waals surface area contributed by atoms with Crippen molar-refractivity contribution in [1.82, 2.24) is 14.9 Å². The number of unbranched alkanes of at least 4 members (excludes halogenated alkanes) is 3. The fourth-order valence-electron chi connectivity index (χ4n) is 5.26. The van der Waals surface area contributed by atoms with E-state index in [9.17, 15) is 8.42 Å². The van der Waals surface area contributed by atoms with E-state index in [-0.39, 0.29) is 0 Å². The molecule has 1 aliphatic carbocycles. The standard InChI is InChI=1S/C29H45N5O2S/c35-37(36,32-17-9-1-2-10-20-34-21-18-30-19-22-34)27-15-16-28(33-26-13-7-4-8-14-26)29(23-27)31-24-25-11-5-3-6-12-25/h3,5-6,11-12,15-16,23,26,30-33H,1-2,4,7-10,13-14,17-22,24H2. The number of nitrogens with zero attached hydrogens (tertiary/aromatic N) is 1. The second-order valence-electron chi connectivity index (χ2n) is 10.4. The van der Waals surface area contributed by atoms with Crippen LogP contribution in [0.15, 0.2) is 53.4 Å². The Morgan fingerprint density at radius 3 is 2.41 bits per heavy atom. The van der Waals surface area contributed by atoms with Crippen LogP contribution in [0.5, 0.6) is 0 Å². The number of rotatable bonds is 14. The van der Waals surface area contributed by atoms with Crippen LogP contribution >= 0.6 is 0 Å². The van der Waals surface area contributed by atoms with Gasteiger partial charge in [0.05, 0.1) is 16.3 Å². The lowest BCUT2D eigenvalue weighted by Crippen LogP contribution is -2.43. The van der Waals surface area contributed by atoms with Crippen LogP contribution < -0.4 is 20.7 Å². The topological polar surface area (TPSA) is 85.5 Å². The minimum atomic E-state index is -3.56. The summed E-state index contributed by atoms with van der Waals surface area (Å²) in [6, 6.07) is 16.1. The molecule has 0 amide bonds. The first-order valence-corrected chi connectivity index (χ1v) is 15.7. The van der Waals surface area contributed by atoms with Gasteiger partial charge in [0.2, 0.25) is 10.0 Å². The van der Waals surface area contributed by atoms with Gasteiger partial charge in [-0.05, 0) is 56.0 Å². The van der Waals surface area contributed by atoms with Crippen molar-refractivity contribution >= 4 is 21.4 Å². The van der Waals surface area contributed by atoms with Crippen molar-refractivity contribution in [3.05, 3.63) is 54.1 Å². The van der Waals surface area contributed by atoms with Gasteiger partial charge >= 0.3 is 0 Å². The van der Waals surface area contributed by atoms with Crippen LogP contribution in [-0.2, 0) is 16.6 Å².